The van der Waals surface area contributed by atoms with Crippen LogP contribution in [0.15, 0.2) is 4.42 Å². The monoisotopic (exact) mass is 260 g/mol. The van der Waals surface area contributed by atoms with Crippen molar-refractivity contribution in [3.05, 3.63) is 17.3 Å². The molecule has 0 aliphatic heterocycles. The van der Waals surface area contributed by atoms with Gasteiger partial charge in [0.15, 0.2) is 0 Å². The first-order valence-electron chi connectivity index (χ1n) is 5.78. The van der Waals surface area contributed by atoms with E-state index in [4.69, 9.17) is 4.42 Å². The molecule has 1 N–H and O–H groups in total. The Morgan fingerprint density at radius 3 is 2.59 bits per heavy atom. The zero-order valence-corrected chi connectivity index (χ0v) is 11.4. The van der Waals surface area contributed by atoms with Crippen LogP contribution >= 0.6 is 0 Å². The van der Waals surface area contributed by atoms with Crippen LogP contribution in [0.3, 0.4) is 0 Å². The summed E-state index contributed by atoms with van der Waals surface area (Å²) in [7, 11) is -2.85. The van der Waals surface area contributed by atoms with E-state index in [-0.39, 0.29) is 11.5 Å². The number of oxazole rings is 1. The van der Waals surface area contributed by atoms with Gasteiger partial charge >= 0.3 is 0 Å². The van der Waals surface area contributed by atoms with Gasteiger partial charge in [-0.3, -0.25) is 0 Å². The number of aryl methyl sites for hydroxylation is 2. The molecule has 1 aromatic heterocycles. The normalized spacial score (nSPS) is 11.9. The maximum absolute atomic E-state index is 11.2. The standard InChI is InChI=1S/C11H20N2O3S/c1-4-17(14,15)7-5-6-12-8-11-13-9(2)10(3)16-11/h12H,4-8H2,1-3H3. The van der Waals surface area contributed by atoms with Crippen LogP contribution in [0, 0.1) is 13.8 Å². The van der Waals surface area contributed by atoms with Gasteiger partial charge in [0.2, 0.25) is 5.89 Å². The van der Waals surface area contributed by atoms with Crippen molar-refractivity contribution in [1.82, 2.24) is 10.3 Å². The molecule has 1 aromatic rings. The number of hydrogen-bond donors (Lipinski definition) is 1. The zero-order chi connectivity index (χ0) is 12.9. The summed E-state index contributed by atoms with van der Waals surface area (Å²) >= 11 is 0. The lowest BCUT2D eigenvalue weighted by atomic mass is 10.4. The molecule has 6 heteroatoms. The molecule has 0 aromatic carbocycles. The second kappa shape index (κ2) is 6.16. The molecule has 0 bridgehead atoms. The summed E-state index contributed by atoms with van der Waals surface area (Å²) in [5, 5.41) is 3.12. The molecule has 0 amide bonds. The summed E-state index contributed by atoms with van der Waals surface area (Å²) in [6, 6.07) is 0. The van der Waals surface area contributed by atoms with Crippen molar-refractivity contribution in [1.29, 1.82) is 0 Å². The molecule has 0 saturated heterocycles. The maximum atomic E-state index is 11.2. The van der Waals surface area contributed by atoms with Crippen molar-refractivity contribution in [2.45, 2.75) is 33.7 Å². The van der Waals surface area contributed by atoms with Crippen LogP contribution in [0.1, 0.15) is 30.7 Å². The smallest absolute Gasteiger partial charge is 0.208 e. The van der Waals surface area contributed by atoms with Crippen LogP contribution in [0.2, 0.25) is 0 Å². The lowest BCUT2D eigenvalue weighted by Gasteiger charge is -2.02. The second-order valence-corrected chi connectivity index (χ2v) is 6.49. The van der Waals surface area contributed by atoms with Crippen molar-refractivity contribution in [3.8, 4) is 0 Å². The maximum Gasteiger partial charge on any atom is 0.208 e. The van der Waals surface area contributed by atoms with E-state index < -0.39 is 9.84 Å². The molecule has 0 aliphatic rings. The van der Waals surface area contributed by atoms with Crippen molar-refractivity contribution >= 4 is 9.84 Å². The molecule has 0 fully saturated rings. The van der Waals surface area contributed by atoms with Gasteiger partial charge in [0.05, 0.1) is 18.0 Å². The van der Waals surface area contributed by atoms with Gasteiger partial charge in [0.25, 0.3) is 0 Å². The van der Waals surface area contributed by atoms with Gasteiger partial charge in [-0.15, -0.1) is 0 Å². The van der Waals surface area contributed by atoms with Crippen LogP contribution in [0.5, 0.6) is 0 Å². The summed E-state index contributed by atoms with van der Waals surface area (Å²) in [6.07, 6.45) is 0.620. The highest BCUT2D eigenvalue weighted by Crippen LogP contribution is 2.07. The Kier molecular flexibility index (Phi) is 5.14. The molecule has 98 valence electrons. The zero-order valence-electron chi connectivity index (χ0n) is 10.6. The molecule has 5 nitrogen and oxygen atoms in total. The van der Waals surface area contributed by atoms with Gasteiger partial charge in [-0.05, 0) is 26.8 Å². The summed E-state index contributed by atoms with van der Waals surface area (Å²) in [4.78, 5) is 4.23. The fourth-order valence-electron chi connectivity index (χ4n) is 1.37. The number of rotatable bonds is 7. The lowest BCUT2D eigenvalue weighted by molar-refractivity contribution is 0.449. The average Bonchev–Trinajstić information content (AvgIpc) is 2.58. The van der Waals surface area contributed by atoms with Crippen molar-refractivity contribution in [2.75, 3.05) is 18.1 Å². The van der Waals surface area contributed by atoms with E-state index in [1.807, 2.05) is 13.8 Å². The Morgan fingerprint density at radius 2 is 2.06 bits per heavy atom. The predicted molar refractivity (Wildman–Crippen MR) is 66.6 cm³/mol. The minimum absolute atomic E-state index is 0.213. The molecule has 0 aliphatic carbocycles. The quantitative estimate of drug-likeness (QED) is 0.746. The Hall–Kier alpha value is -0.880. The third kappa shape index (κ3) is 4.87. The number of sulfone groups is 1. The largest absolute Gasteiger partial charge is 0.444 e. The van der Waals surface area contributed by atoms with E-state index >= 15 is 0 Å². The molecular weight excluding hydrogens is 240 g/mol. The van der Waals surface area contributed by atoms with Crippen molar-refractivity contribution < 1.29 is 12.8 Å². The fraction of sp³-hybridized carbons (Fsp3) is 0.727. The first kappa shape index (κ1) is 14.2. The van der Waals surface area contributed by atoms with E-state index in [2.05, 4.69) is 10.3 Å². The van der Waals surface area contributed by atoms with Crippen LogP contribution in [-0.2, 0) is 16.4 Å². The van der Waals surface area contributed by atoms with Crippen LogP contribution in [0.25, 0.3) is 0 Å². The fourth-order valence-corrected chi connectivity index (χ4v) is 2.24. The molecule has 0 atom stereocenters. The second-order valence-electron chi connectivity index (χ2n) is 4.02. The molecule has 1 rings (SSSR count). The number of hydrogen-bond acceptors (Lipinski definition) is 5. The highest BCUT2D eigenvalue weighted by atomic mass is 32.2. The van der Waals surface area contributed by atoms with Crippen LogP contribution in [-0.4, -0.2) is 31.5 Å². The van der Waals surface area contributed by atoms with E-state index in [9.17, 15) is 8.42 Å². The molecular formula is C11H20N2O3S. The van der Waals surface area contributed by atoms with Crippen molar-refractivity contribution in [2.24, 2.45) is 0 Å². The molecule has 0 spiro atoms. The predicted octanol–water partition coefficient (Wildman–Crippen LogP) is 1.21. The van der Waals surface area contributed by atoms with Crippen LogP contribution < -0.4 is 5.32 Å². The Balaban J connectivity index is 2.21. The topological polar surface area (TPSA) is 72.2 Å². The van der Waals surface area contributed by atoms with Gasteiger partial charge in [0, 0.05) is 5.75 Å². The third-order valence-electron chi connectivity index (χ3n) is 2.60. The Labute approximate surface area is 103 Å². The van der Waals surface area contributed by atoms with Crippen molar-refractivity contribution in [3.63, 3.8) is 0 Å². The number of aromatic nitrogens is 1. The van der Waals surface area contributed by atoms with E-state index in [0.717, 1.165) is 11.5 Å². The molecule has 0 unspecified atom stereocenters. The van der Waals surface area contributed by atoms with Gasteiger partial charge in [-0.1, -0.05) is 6.92 Å². The lowest BCUT2D eigenvalue weighted by Crippen LogP contribution is -2.19. The minimum atomic E-state index is -2.85. The highest BCUT2D eigenvalue weighted by Gasteiger charge is 2.07. The van der Waals surface area contributed by atoms with E-state index in [0.29, 0.717) is 25.4 Å². The Bertz CT molecular complexity index is 432. The third-order valence-corrected chi connectivity index (χ3v) is 4.39. The first-order chi connectivity index (χ1) is 7.94. The molecule has 0 saturated carbocycles. The molecule has 1 heterocycles. The van der Waals surface area contributed by atoms with Crippen LogP contribution in [0.4, 0.5) is 0 Å². The van der Waals surface area contributed by atoms with E-state index in [1.54, 1.807) is 6.92 Å². The van der Waals surface area contributed by atoms with E-state index in [1.165, 1.54) is 0 Å². The van der Waals surface area contributed by atoms with Gasteiger partial charge in [0.1, 0.15) is 15.6 Å². The highest BCUT2D eigenvalue weighted by molar-refractivity contribution is 7.91. The van der Waals surface area contributed by atoms with Gasteiger partial charge in [-0.2, -0.15) is 0 Å². The molecule has 17 heavy (non-hydrogen) atoms. The number of nitrogens with zero attached hydrogens (tertiary/aromatic N) is 1. The Morgan fingerprint density at radius 1 is 1.35 bits per heavy atom. The summed E-state index contributed by atoms with van der Waals surface area (Å²) < 4.78 is 27.8. The minimum Gasteiger partial charge on any atom is -0.444 e. The summed E-state index contributed by atoms with van der Waals surface area (Å²) in [5.74, 6) is 1.93. The average molecular weight is 260 g/mol. The van der Waals surface area contributed by atoms with Gasteiger partial charge < -0.3 is 9.73 Å². The first-order valence-corrected chi connectivity index (χ1v) is 7.61. The van der Waals surface area contributed by atoms with Gasteiger partial charge in [-0.25, -0.2) is 13.4 Å². The summed E-state index contributed by atoms with van der Waals surface area (Å²) in [6.45, 7) is 6.64. The summed E-state index contributed by atoms with van der Waals surface area (Å²) in [5.41, 5.74) is 0.898. The SMILES string of the molecule is CCS(=O)(=O)CCCNCc1nc(C)c(C)o1. The molecule has 0 radical (unpaired) electrons. The number of nitrogens with one attached hydrogen (secondary N) is 1.